The lowest BCUT2D eigenvalue weighted by Crippen LogP contribution is -2.51. The fourth-order valence-corrected chi connectivity index (χ4v) is 5.78. The highest BCUT2D eigenvalue weighted by Gasteiger charge is 2.34. The molecule has 30 heavy (non-hydrogen) atoms. The number of carbonyl (C=O) groups excluding carboxylic acids is 2. The van der Waals surface area contributed by atoms with Crippen molar-refractivity contribution in [2.75, 3.05) is 13.1 Å². The van der Waals surface area contributed by atoms with Gasteiger partial charge in [-0.3, -0.25) is 9.59 Å². The maximum Gasteiger partial charge on any atom is 0.251 e. The maximum atomic E-state index is 13.0. The Kier molecular flexibility index (Phi) is 7.31. The first kappa shape index (κ1) is 22.5. The van der Waals surface area contributed by atoms with Crippen LogP contribution < -0.4 is 10.6 Å². The van der Waals surface area contributed by atoms with Gasteiger partial charge in [-0.2, -0.15) is 4.31 Å². The highest BCUT2D eigenvalue weighted by atomic mass is 32.2. The molecular formula is C22H31N3O4S. The molecule has 0 aromatic heterocycles. The van der Waals surface area contributed by atoms with Crippen molar-refractivity contribution >= 4 is 21.8 Å². The molecule has 0 bridgehead atoms. The fourth-order valence-electron chi connectivity index (χ4n) is 4.22. The molecule has 2 amide bonds. The molecule has 0 spiro atoms. The first-order valence-corrected chi connectivity index (χ1v) is 12.1. The number of benzene rings is 1. The highest BCUT2D eigenvalue weighted by Crippen LogP contribution is 2.24. The number of carbonyl (C=O) groups is 2. The third-order valence-electron chi connectivity index (χ3n) is 6.08. The first-order valence-electron chi connectivity index (χ1n) is 10.7. The summed E-state index contributed by atoms with van der Waals surface area (Å²) >= 11 is 0. The van der Waals surface area contributed by atoms with Crippen molar-refractivity contribution in [1.29, 1.82) is 0 Å². The fraction of sp³-hybridized carbons (Fsp3) is 0.545. The number of nitrogens with zero attached hydrogens (tertiary/aromatic N) is 1. The van der Waals surface area contributed by atoms with Crippen molar-refractivity contribution < 1.29 is 18.0 Å². The zero-order chi connectivity index (χ0) is 21.7. The van der Waals surface area contributed by atoms with Gasteiger partial charge in [-0.15, -0.1) is 0 Å². The lowest BCUT2D eigenvalue weighted by atomic mass is 9.95. The Bertz CT molecular complexity index is 876. The molecule has 2 aliphatic rings. The molecule has 1 saturated carbocycles. The van der Waals surface area contributed by atoms with Crippen LogP contribution in [0.25, 0.3) is 0 Å². The second-order valence-electron chi connectivity index (χ2n) is 8.28. The van der Waals surface area contributed by atoms with Crippen molar-refractivity contribution in [2.45, 2.75) is 62.4 Å². The van der Waals surface area contributed by atoms with E-state index in [9.17, 15) is 18.0 Å². The Hall–Kier alpha value is -2.19. The molecule has 1 aromatic rings. The molecule has 2 fully saturated rings. The molecular weight excluding hydrogens is 402 g/mol. The lowest BCUT2D eigenvalue weighted by Gasteiger charge is -2.36. The maximum absolute atomic E-state index is 13.0. The Labute approximate surface area is 179 Å². The van der Waals surface area contributed by atoms with E-state index in [0.717, 1.165) is 25.7 Å². The summed E-state index contributed by atoms with van der Waals surface area (Å²) < 4.78 is 27.5. The minimum Gasteiger partial charge on any atom is -0.349 e. The molecule has 2 unspecified atom stereocenters. The molecule has 2 N–H and O–H groups in total. The van der Waals surface area contributed by atoms with Gasteiger partial charge in [0.05, 0.1) is 4.90 Å². The number of rotatable bonds is 6. The molecule has 1 aliphatic heterocycles. The van der Waals surface area contributed by atoms with E-state index in [0.29, 0.717) is 25.1 Å². The third kappa shape index (κ3) is 5.29. The third-order valence-corrected chi connectivity index (χ3v) is 7.96. The minimum atomic E-state index is -3.65. The normalized spacial score (nSPS) is 23.5. The van der Waals surface area contributed by atoms with E-state index in [2.05, 4.69) is 17.2 Å². The molecule has 164 valence electrons. The summed E-state index contributed by atoms with van der Waals surface area (Å²) in [7, 11) is -3.65. The van der Waals surface area contributed by atoms with Gasteiger partial charge in [0, 0.05) is 30.7 Å². The van der Waals surface area contributed by atoms with E-state index in [1.165, 1.54) is 28.9 Å². The van der Waals surface area contributed by atoms with E-state index in [-0.39, 0.29) is 34.7 Å². The summed E-state index contributed by atoms with van der Waals surface area (Å²) in [4.78, 5) is 24.2. The number of sulfonamides is 1. The number of amides is 2. The van der Waals surface area contributed by atoms with E-state index >= 15 is 0 Å². The van der Waals surface area contributed by atoms with Crippen molar-refractivity contribution in [3.63, 3.8) is 0 Å². The lowest BCUT2D eigenvalue weighted by molar-refractivity contribution is -0.117. The van der Waals surface area contributed by atoms with E-state index in [1.807, 2.05) is 6.92 Å². The van der Waals surface area contributed by atoms with Crippen molar-refractivity contribution in [3.05, 3.63) is 42.5 Å². The van der Waals surface area contributed by atoms with Crippen LogP contribution in [0.1, 0.15) is 55.8 Å². The zero-order valence-electron chi connectivity index (χ0n) is 17.5. The van der Waals surface area contributed by atoms with Crippen LogP contribution in [-0.2, 0) is 14.8 Å². The number of hydrogen-bond donors (Lipinski definition) is 2. The molecule has 3 rings (SSSR count). The zero-order valence-corrected chi connectivity index (χ0v) is 18.3. The first-order chi connectivity index (χ1) is 14.3. The largest absolute Gasteiger partial charge is 0.349 e. The second kappa shape index (κ2) is 9.75. The van der Waals surface area contributed by atoms with Crippen LogP contribution in [0.4, 0.5) is 0 Å². The molecule has 1 aliphatic carbocycles. The number of hydrogen-bond acceptors (Lipinski definition) is 4. The molecule has 8 heteroatoms. The molecule has 1 heterocycles. The summed E-state index contributed by atoms with van der Waals surface area (Å²) in [5.41, 5.74) is 0.471. The van der Waals surface area contributed by atoms with Crippen molar-refractivity contribution in [2.24, 2.45) is 5.92 Å². The van der Waals surface area contributed by atoms with Crippen LogP contribution in [0.2, 0.25) is 0 Å². The predicted octanol–water partition coefficient (Wildman–Crippen LogP) is 2.45. The smallest absolute Gasteiger partial charge is 0.251 e. The van der Waals surface area contributed by atoms with Gasteiger partial charge in [0.2, 0.25) is 15.9 Å². The van der Waals surface area contributed by atoms with Gasteiger partial charge in [-0.1, -0.05) is 32.8 Å². The Morgan fingerprint density at radius 1 is 1.07 bits per heavy atom. The van der Waals surface area contributed by atoms with Crippen LogP contribution >= 0.6 is 0 Å². The average Bonchev–Trinajstić information content (AvgIpc) is 2.75. The van der Waals surface area contributed by atoms with Crippen LogP contribution in [-0.4, -0.2) is 49.7 Å². The highest BCUT2D eigenvalue weighted by molar-refractivity contribution is 7.89. The monoisotopic (exact) mass is 433 g/mol. The molecule has 2 atom stereocenters. The standard InChI is InChI=1S/C22H31N3O4S/c1-3-21(26)24-20-13-14-25(15-16(20)2)30(28,29)19-11-9-17(10-12-19)22(27)23-18-7-5-4-6-8-18/h3,9-12,16,18,20H,1,4-8,13-15H2,2H3,(H,23,27)(H,24,26). The summed E-state index contributed by atoms with van der Waals surface area (Å²) in [6.45, 7) is 6.03. The topological polar surface area (TPSA) is 95.6 Å². The molecule has 1 aromatic carbocycles. The van der Waals surface area contributed by atoms with Gasteiger partial charge >= 0.3 is 0 Å². The van der Waals surface area contributed by atoms with Crippen LogP contribution in [0, 0.1) is 5.92 Å². The molecule has 0 radical (unpaired) electrons. The summed E-state index contributed by atoms with van der Waals surface area (Å²) in [5, 5.41) is 5.91. The van der Waals surface area contributed by atoms with E-state index in [1.54, 1.807) is 12.1 Å². The minimum absolute atomic E-state index is 0.0158. The van der Waals surface area contributed by atoms with Crippen LogP contribution in [0.5, 0.6) is 0 Å². The van der Waals surface area contributed by atoms with E-state index in [4.69, 9.17) is 0 Å². The second-order valence-corrected chi connectivity index (χ2v) is 10.2. The quantitative estimate of drug-likeness (QED) is 0.674. The van der Waals surface area contributed by atoms with Gasteiger partial charge < -0.3 is 10.6 Å². The van der Waals surface area contributed by atoms with Crippen LogP contribution in [0.3, 0.4) is 0 Å². The molecule has 1 saturated heterocycles. The van der Waals surface area contributed by atoms with E-state index < -0.39 is 10.0 Å². The SMILES string of the molecule is C=CC(=O)NC1CCN(S(=O)(=O)c2ccc(C(=O)NC3CCCCC3)cc2)CC1C. The number of piperidine rings is 1. The Morgan fingerprint density at radius 2 is 1.73 bits per heavy atom. The van der Waals surface area contributed by atoms with Gasteiger partial charge in [0.15, 0.2) is 0 Å². The van der Waals surface area contributed by atoms with Crippen LogP contribution in [0.15, 0.2) is 41.8 Å². The summed E-state index contributed by atoms with van der Waals surface area (Å²) in [5.74, 6) is -0.415. The van der Waals surface area contributed by atoms with Gasteiger partial charge in [0.1, 0.15) is 0 Å². The Morgan fingerprint density at radius 3 is 2.33 bits per heavy atom. The van der Waals surface area contributed by atoms with Gasteiger partial charge in [-0.05, 0) is 55.5 Å². The van der Waals surface area contributed by atoms with Crippen molar-refractivity contribution in [1.82, 2.24) is 14.9 Å². The number of nitrogens with one attached hydrogen (secondary N) is 2. The van der Waals surface area contributed by atoms with Gasteiger partial charge in [-0.25, -0.2) is 8.42 Å². The van der Waals surface area contributed by atoms with Crippen molar-refractivity contribution in [3.8, 4) is 0 Å². The van der Waals surface area contributed by atoms with Gasteiger partial charge in [0.25, 0.3) is 5.91 Å². The summed E-state index contributed by atoms with van der Waals surface area (Å²) in [6, 6.07) is 6.28. The molecule has 7 nitrogen and oxygen atoms in total. The Balaban J connectivity index is 1.63. The summed E-state index contributed by atoms with van der Waals surface area (Å²) in [6.07, 6.45) is 7.25. The predicted molar refractivity (Wildman–Crippen MR) is 115 cm³/mol. The average molecular weight is 434 g/mol.